The van der Waals surface area contributed by atoms with Crippen LogP contribution in [0.1, 0.15) is 40.5 Å². The smallest absolute Gasteiger partial charge is 0.0563 e. The molecule has 0 aromatic heterocycles. The zero-order chi connectivity index (χ0) is 10.5. The number of hydrogen-bond donors (Lipinski definition) is 2. The standard InChI is InChI=1S/C6H13NO.C4H10O/c1-6-2-4-7(8)5-3-6;1-4(2,3)5/h6,8H,2-5H2,1H3;5H,1-3H3. The van der Waals surface area contributed by atoms with Gasteiger partial charge in [-0.3, -0.25) is 0 Å². The van der Waals surface area contributed by atoms with Gasteiger partial charge in [-0.25, -0.2) is 0 Å². The Kier molecular flexibility index (Phi) is 5.53. The normalized spacial score (nSPS) is 20.8. The highest BCUT2D eigenvalue weighted by Gasteiger charge is 2.12. The van der Waals surface area contributed by atoms with Crippen molar-refractivity contribution in [2.45, 2.75) is 46.1 Å². The van der Waals surface area contributed by atoms with Crippen LogP contribution in [-0.2, 0) is 0 Å². The lowest BCUT2D eigenvalue weighted by molar-refractivity contribution is -0.110. The Hall–Kier alpha value is -0.120. The first kappa shape index (κ1) is 12.9. The van der Waals surface area contributed by atoms with Crippen molar-refractivity contribution in [1.29, 1.82) is 0 Å². The summed E-state index contributed by atoms with van der Waals surface area (Å²) < 4.78 is 0. The molecular weight excluding hydrogens is 166 g/mol. The summed E-state index contributed by atoms with van der Waals surface area (Å²) in [5.41, 5.74) is -0.500. The summed E-state index contributed by atoms with van der Waals surface area (Å²) in [5.74, 6) is 0.818. The molecule has 80 valence electrons. The number of hydroxylamine groups is 2. The van der Waals surface area contributed by atoms with E-state index in [1.165, 1.54) is 5.06 Å². The van der Waals surface area contributed by atoms with E-state index in [-0.39, 0.29) is 0 Å². The van der Waals surface area contributed by atoms with Gasteiger partial charge < -0.3 is 10.3 Å². The molecule has 0 aromatic rings. The van der Waals surface area contributed by atoms with Crippen LogP contribution in [0.15, 0.2) is 0 Å². The van der Waals surface area contributed by atoms with Gasteiger partial charge in [0.2, 0.25) is 0 Å². The number of piperidine rings is 1. The maximum atomic E-state index is 8.86. The summed E-state index contributed by atoms with van der Waals surface area (Å²) >= 11 is 0. The van der Waals surface area contributed by atoms with E-state index >= 15 is 0 Å². The third-order valence-electron chi connectivity index (χ3n) is 1.76. The van der Waals surface area contributed by atoms with Crippen molar-refractivity contribution >= 4 is 0 Å². The Morgan fingerprint density at radius 2 is 1.46 bits per heavy atom. The van der Waals surface area contributed by atoms with Crippen LogP contribution in [0.4, 0.5) is 0 Å². The Labute approximate surface area is 81.3 Å². The molecule has 0 radical (unpaired) electrons. The highest BCUT2D eigenvalue weighted by Crippen LogP contribution is 2.13. The van der Waals surface area contributed by atoms with E-state index in [1.807, 2.05) is 0 Å². The van der Waals surface area contributed by atoms with Gasteiger partial charge in [0.25, 0.3) is 0 Å². The SMILES string of the molecule is CC(C)(C)O.CC1CCN(O)CC1. The van der Waals surface area contributed by atoms with Gasteiger partial charge in [0.15, 0.2) is 0 Å². The molecule has 1 heterocycles. The molecule has 13 heavy (non-hydrogen) atoms. The predicted octanol–water partition coefficient (Wildman–Crippen LogP) is 1.88. The second kappa shape index (κ2) is 5.58. The first-order chi connectivity index (χ1) is 5.79. The number of rotatable bonds is 0. The van der Waals surface area contributed by atoms with E-state index in [4.69, 9.17) is 10.3 Å². The molecule has 1 fully saturated rings. The lowest BCUT2D eigenvalue weighted by Gasteiger charge is -2.24. The van der Waals surface area contributed by atoms with Crippen molar-refractivity contribution in [3.63, 3.8) is 0 Å². The fraction of sp³-hybridized carbons (Fsp3) is 1.00. The first-order valence-corrected chi connectivity index (χ1v) is 4.95. The van der Waals surface area contributed by atoms with Crippen molar-refractivity contribution in [1.82, 2.24) is 5.06 Å². The average Bonchev–Trinajstić information content (AvgIpc) is 1.92. The molecular formula is C10H23NO2. The zero-order valence-electron chi connectivity index (χ0n) is 9.25. The van der Waals surface area contributed by atoms with Crippen LogP contribution in [0.2, 0.25) is 0 Å². The highest BCUT2D eigenvalue weighted by atomic mass is 16.5. The largest absolute Gasteiger partial charge is 0.391 e. The summed E-state index contributed by atoms with van der Waals surface area (Å²) in [4.78, 5) is 0. The lowest BCUT2D eigenvalue weighted by Crippen LogP contribution is -2.29. The Balaban J connectivity index is 0.000000252. The van der Waals surface area contributed by atoms with E-state index in [0.717, 1.165) is 31.8 Å². The average molecular weight is 189 g/mol. The topological polar surface area (TPSA) is 43.7 Å². The molecule has 0 aromatic carbocycles. The zero-order valence-corrected chi connectivity index (χ0v) is 9.25. The highest BCUT2D eigenvalue weighted by molar-refractivity contribution is 4.62. The molecule has 3 nitrogen and oxygen atoms in total. The van der Waals surface area contributed by atoms with E-state index in [0.29, 0.717) is 0 Å². The third kappa shape index (κ3) is 11.9. The Bertz CT molecular complexity index is 107. The fourth-order valence-electron chi connectivity index (χ4n) is 0.995. The summed E-state index contributed by atoms with van der Waals surface area (Å²) in [7, 11) is 0. The molecule has 1 saturated heterocycles. The second-order valence-electron chi connectivity index (χ2n) is 4.81. The monoisotopic (exact) mass is 189 g/mol. The van der Waals surface area contributed by atoms with Crippen LogP contribution >= 0.6 is 0 Å². The van der Waals surface area contributed by atoms with Crippen LogP contribution in [-0.4, -0.2) is 34.1 Å². The Morgan fingerprint density at radius 3 is 1.69 bits per heavy atom. The van der Waals surface area contributed by atoms with Crippen LogP contribution in [0.3, 0.4) is 0 Å². The maximum absolute atomic E-state index is 8.86. The minimum absolute atomic E-state index is 0.500. The second-order valence-corrected chi connectivity index (χ2v) is 4.81. The lowest BCUT2D eigenvalue weighted by atomic mass is 10.0. The minimum atomic E-state index is -0.500. The van der Waals surface area contributed by atoms with E-state index in [9.17, 15) is 0 Å². The van der Waals surface area contributed by atoms with Gasteiger partial charge in [0.05, 0.1) is 5.60 Å². The predicted molar refractivity (Wildman–Crippen MR) is 53.7 cm³/mol. The molecule has 0 unspecified atom stereocenters. The Morgan fingerprint density at radius 1 is 1.15 bits per heavy atom. The maximum Gasteiger partial charge on any atom is 0.0563 e. The fourth-order valence-corrected chi connectivity index (χ4v) is 0.995. The van der Waals surface area contributed by atoms with Crippen LogP contribution in [0.5, 0.6) is 0 Å². The number of hydrogen-bond acceptors (Lipinski definition) is 3. The van der Waals surface area contributed by atoms with Gasteiger partial charge in [-0.15, -0.1) is 0 Å². The van der Waals surface area contributed by atoms with Gasteiger partial charge in [0, 0.05) is 13.1 Å². The van der Waals surface area contributed by atoms with E-state index in [1.54, 1.807) is 20.8 Å². The summed E-state index contributed by atoms with van der Waals surface area (Å²) in [6, 6.07) is 0. The summed E-state index contributed by atoms with van der Waals surface area (Å²) in [5, 5.41) is 18.8. The number of aliphatic hydroxyl groups is 1. The van der Waals surface area contributed by atoms with Gasteiger partial charge in [-0.05, 0) is 39.5 Å². The van der Waals surface area contributed by atoms with Crippen LogP contribution in [0, 0.1) is 5.92 Å². The van der Waals surface area contributed by atoms with E-state index < -0.39 is 5.60 Å². The molecule has 0 atom stereocenters. The molecule has 0 bridgehead atoms. The molecule has 1 aliphatic rings. The molecule has 1 rings (SSSR count). The molecule has 1 aliphatic heterocycles. The molecule has 0 saturated carbocycles. The number of nitrogens with zero attached hydrogens (tertiary/aromatic N) is 1. The van der Waals surface area contributed by atoms with Crippen molar-refractivity contribution in [2.24, 2.45) is 5.92 Å². The van der Waals surface area contributed by atoms with Gasteiger partial charge in [-0.2, -0.15) is 5.06 Å². The summed E-state index contributed by atoms with van der Waals surface area (Å²) in [6.07, 6.45) is 2.30. The molecule has 0 amide bonds. The van der Waals surface area contributed by atoms with Gasteiger partial charge >= 0.3 is 0 Å². The summed E-state index contributed by atoms with van der Waals surface area (Å²) in [6.45, 7) is 9.18. The van der Waals surface area contributed by atoms with Crippen molar-refractivity contribution in [3.8, 4) is 0 Å². The molecule has 0 spiro atoms. The molecule has 0 aliphatic carbocycles. The van der Waals surface area contributed by atoms with Crippen LogP contribution in [0.25, 0.3) is 0 Å². The third-order valence-corrected chi connectivity index (χ3v) is 1.76. The molecule has 2 N–H and O–H groups in total. The molecule has 3 heteroatoms. The van der Waals surface area contributed by atoms with Crippen molar-refractivity contribution in [3.05, 3.63) is 0 Å². The minimum Gasteiger partial charge on any atom is -0.391 e. The van der Waals surface area contributed by atoms with E-state index in [2.05, 4.69) is 6.92 Å². The van der Waals surface area contributed by atoms with Crippen molar-refractivity contribution < 1.29 is 10.3 Å². The quantitative estimate of drug-likeness (QED) is 0.611. The van der Waals surface area contributed by atoms with Gasteiger partial charge in [0.1, 0.15) is 0 Å². The van der Waals surface area contributed by atoms with Gasteiger partial charge in [-0.1, -0.05) is 6.92 Å². The van der Waals surface area contributed by atoms with Crippen LogP contribution < -0.4 is 0 Å². The van der Waals surface area contributed by atoms with Crippen molar-refractivity contribution in [2.75, 3.05) is 13.1 Å². The first-order valence-electron chi connectivity index (χ1n) is 4.95.